The Balaban J connectivity index is 2.48. The molecule has 2 rings (SSSR count). The minimum absolute atomic E-state index is 0.0684. The molecule has 0 bridgehead atoms. The van der Waals surface area contributed by atoms with Gasteiger partial charge in [-0.15, -0.1) is 0 Å². The molecule has 0 aromatic heterocycles. The first kappa shape index (κ1) is 12.8. The highest BCUT2D eigenvalue weighted by molar-refractivity contribution is 9.10. The Bertz CT molecular complexity index is 466. The second-order valence-corrected chi connectivity index (χ2v) is 5.37. The van der Waals surface area contributed by atoms with Crippen molar-refractivity contribution < 1.29 is 4.74 Å². The van der Waals surface area contributed by atoms with Crippen LogP contribution in [0.1, 0.15) is 17.2 Å². The zero-order valence-corrected chi connectivity index (χ0v) is 12.5. The van der Waals surface area contributed by atoms with Gasteiger partial charge < -0.3 is 4.74 Å². The highest BCUT2D eigenvalue weighted by Crippen LogP contribution is 2.34. The molecule has 0 atom stereocenters. The molecule has 0 aliphatic rings. The summed E-state index contributed by atoms with van der Waals surface area (Å²) < 4.78 is 7.74. The van der Waals surface area contributed by atoms with E-state index < -0.39 is 0 Å². The first-order chi connectivity index (χ1) is 8.24. The lowest BCUT2D eigenvalue weighted by atomic mass is 10.0. The summed E-state index contributed by atoms with van der Waals surface area (Å²) in [5.41, 5.74) is 2.25. The van der Waals surface area contributed by atoms with Crippen molar-refractivity contribution in [1.82, 2.24) is 0 Å². The van der Waals surface area contributed by atoms with Gasteiger partial charge in [-0.25, -0.2) is 0 Å². The maximum Gasteiger partial charge on any atom is 0.109 e. The Morgan fingerprint density at radius 3 is 1.59 bits per heavy atom. The van der Waals surface area contributed by atoms with Gasteiger partial charge in [0, 0.05) is 16.1 Å². The van der Waals surface area contributed by atoms with Gasteiger partial charge in [-0.05, 0) is 23.3 Å². The summed E-state index contributed by atoms with van der Waals surface area (Å²) in [6.07, 6.45) is -0.0684. The molecule has 2 aromatic rings. The second-order valence-electron chi connectivity index (χ2n) is 3.66. The Morgan fingerprint density at radius 2 is 1.24 bits per heavy atom. The molecule has 0 heterocycles. The Kier molecular flexibility index (Phi) is 4.37. The maximum absolute atomic E-state index is 5.62. The molecule has 1 nitrogen and oxygen atoms in total. The number of hydrogen-bond donors (Lipinski definition) is 0. The third-order valence-electron chi connectivity index (χ3n) is 2.61. The van der Waals surface area contributed by atoms with Gasteiger partial charge in [0.05, 0.1) is 0 Å². The number of hydrogen-bond acceptors (Lipinski definition) is 1. The fraction of sp³-hybridized carbons (Fsp3) is 0.143. The quantitative estimate of drug-likeness (QED) is 0.757. The minimum atomic E-state index is -0.0684. The molecule has 3 heteroatoms. The largest absolute Gasteiger partial charge is 0.372 e. The van der Waals surface area contributed by atoms with Gasteiger partial charge in [-0.2, -0.15) is 0 Å². The predicted octanol–water partition coefficient (Wildman–Crippen LogP) is 4.95. The highest BCUT2D eigenvalue weighted by Gasteiger charge is 2.17. The third-order valence-corrected chi connectivity index (χ3v) is 4.06. The number of ether oxygens (including phenoxy) is 1. The number of rotatable bonds is 3. The van der Waals surface area contributed by atoms with E-state index in [4.69, 9.17) is 4.74 Å². The van der Waals surface area contributed by atoms with Crippen LogP contribution in [0.3, 0.4) is 0 Å². The molecule has 88 valence electrons. The van der Waals surface area contributed by atoms with Crippen molar-refractivity contribution >= 4 is 31.9 Å². The number of halogens is 2. The van der Waals surface area contributed by atoms with Crippen LogP contribution in [0.25, 0.3) is 0 Å². The Morgan fingerprint density at radius 1 is 0.824 bits per heavy atom. The monoisotopic (exact) mass is 354 g/mol. The van der Waals surface area contributed by atoms with Crippen LogP contribution in [-0.4, -0.2) is 7.11 Å². The van der Waals surface area contributed by atoms with E-state index in [1.54, 1.807) is 7.11 Å². The molecule has 0 aliphatic carbocycles. The summed E-state index contributed by atoms with van der Waals surface area (Å²) in [6.45, 7) is 0. The SMILES string of the molecule is COC(c1ccccc1Br)c1ccccc1Br. The van der Waals surface area contributed by atoms with Gasteiger partial charge in [0.15, 0.2) is 0 Å². The van der Waals surface area contributed by atoms with E-state index in [0.717, 1.165) is 20.1 Å². The van der Waals surface area contributed by atoms with Crippen molar-refractivity contribution in [2.45, 2.75) is 6.10 Å². The Labute approximate surface area is 118 Å². The predicted molar refractivity (Wildman–Crippen MR) is 77.1 cm³/mol. The van der Waals surface area contributed by atoms with Crippen molar-refractivity contribution in [2.24, 2.45) is 0 Å². The fourth-order valence-corrected chi connectivity index (χ4v) is 2.78. The van der Waals surface area contributed by atoms with Gasteiger partial charge in [-0.1, -0.05) is 68.3 Å². The summed E-state index contributed by atoms with van der Waals surface area (Å²) >= 11 is 7.13. The molecule has 0 N–H and O–H groups in total. The van der Waals surface area contributed by atoms with Gasteiger partial charge in [0.25, 0.3) is 0 Å². The van der Waals surface area contributed by atoms with Gasteiger partial charge in [0.1, 0.15) is 6.10 Å². The number of methoxy groups -OCH3 is 1. The molecular formula is C14H12Br2O. The lowest BCUT2D eigenvalue weighted by Crippen LogP contribution is -2.05. The van der Waals surface area contributed by atoms with Gasteiger partial charge >= 0.3 is 0 Å². The molecule has 0 amide bonds. The summed E-state index contributed by atoms with van der Waals surface area (Å²) in [4.78, 5) is 0. The van der Waals surface area contributed by atoms with E-state index in [1.807, 2.05) is 36.4 Å². The molecule has 2 aromatic carbocycles. The molecule has 0 spiro atoms. The van der Waals surface area contributed by atoms with Crippen molar-refractivity contribution in [2.75, 3.05) is 7.11 Å². The van der Waals surface area contributed by atoms with Crippen molar-refractivity contribution in [1.29, 1.82) is 0 Å². The average molecular weight is 356 g/mol. The van der Waals surface area contributed by atoms with Crippen LogP contribution >= 0.6 is 31.9 Å². The smallest absolute Gasteiger partial charge is 0.109 e. The molecule has 17 heavy (non-hydrogen) atoms. The summed E-state index contributed by atoms with van der Waals surface area (Å²) in [7, 11) is 1.73. The maximum atomic E-state index is 5.62. The van der Waals surface area contributed by atoms with Crippen molar-refractivity contribution in [3.63, 3.8) is 0 Å². The standard InChI is InChI=1S/C14H12Br2O/c1-17-14(10-6-2-4-8-12(10)15)11-7-3-5-9-13(11)16/h2-9,14H,1H3. The van der Waals surface area contributed by atoms with Crippen LogP contribution in [0.4, 0.5) is 0 Å². The van der Waals surface area contributed by atoms with Crippen LogP contribution in [0.5, 0.6) is 0 Å². The third kappa shape index (κ3) is 2.79. The first-order valence-electron chi connectivity index (χ1n) is 5.25. The second kappa shape index (κ2) is 5.80. The van der Waals surface area contributed by atoms with E-state index in [9.17, 15) is 0 Å². The normalized spacial score (nSPS) is 10.8. The van der Waals surface area contributed by atoms with E-state index in [0.29, 0.717) is 0 Å². The van der Waals surface area contributed by atoms with Crippen molar-refractivity contribution in [3.8, 4) is 0 Å². The minimum Gasteiger partial charge on any atom is -0.372 e. The first-order valence-corrected chi connectivity index (χ1v) is 6.84. The zero-order chi connectivity index (χ0) is 12.3. The lowest BCUT2D eigenvalue weighted by Gasteiger charge is -2.19. The summed E-state index contributed by atoms with van der Waals surface area (Å²) in [5, 5.41) is 0. The Hall–Kier alpha value is -0.640. The van der Waals surface area contributed by atoms with E-state index >= 15 is 0 Å². The molecular weight excluding hydrogens is 344 g/mol. The van der Waals surface area contributed by atoms with Gasteiger partial charge in [0.2, 0.25) is 0 Å². The van der Waals surface area contributed by atoms with Crippen LogP contribution in [-0.2, 0) is 4.74 Å². The van der Waals surface area contributed by atoms with Crippen molar-refractivity contribution in [3.05, 3.63) is 68.6 Å². The highest BCUT2D eigenvalue weighted by atomic mass is 79.9. The lowest BCUT2D eigenvalue weighted by molar-refractivity contribution is 0.135. The van der Waals surface area contributed by atoms with E-state index in [1.165, 1.54) is 0 Å². The van der Waals surface area contributed by atoms with E-state index in [2.05, 4.69) is 44.0 Å². The molecule has 0 radical (unpaired) electrons. The van der Waals surface area contributed by atoms with E-state index in [-0.39, 0.29) is 6.10 Å². The van der Waals surface area contributed by atoms with Gasteiger partial charge in [-0.3, -0.25) is 0 Å². The molecule has 0 unspecified atom stereocenters. The topological polar surface area (TPSA) is 9.23 Å². The molecule has 0 saturated carbocycles. The fourth-order valence-electron chi connectivity index (χ4n) is 1.80. The number of benzene rings is 2. The van der Waals surface area contributed by atoms with Crippen LogP contribution in [0, 0.1) is 0 Å². The van der Waals surface area contributed by atoms with Crippen LogP contribution in [0.2, 0.25) is 0 Å². The zero-order valence-electron chi connectivity index (χ0n) is 9.36. The van der Waals surface area contributed by atoms with Crippen LogP contribution < -0.4 is 0 Å². The average Bonchev–Trinajstić information content (AvgIpc) is 2.34. The summed E-state index contributed by atoms with van der Waals surface area (Å²) in [6, 6.07) is 16.2. The molecule has 0 saturated heterocycles. The summed E-state index contributed by atoms with van der Waals surface area (Å²) in [5.74, 6) is 0. The molecule has 0 fully saturated rings. The molecule has 0 aliphatic heterocycles. The van der Waals surface area contributed by atoms with Crippen LogP contribution in [0.15, 0.2) is 57.5 Å².